The van der Waals surface area contributed by atoms with Crippen LogP contribution in [0, 0.1) is 0 Å². The highest BCUT2D eigenvalue weighted by Gasteiger charge is 2.52. The molecule has 1 unspecified atom stereocenters. The first-order valence-electron chi connectivity index (χ1n) is 10.3. The number of thiazole rings is 1. The smallest absolute Gasteiger partial charge is 0.323 e. The van der Waals surface area contributed by atoms with E-state index in [0.717, 1.165) is 17.7 Å². The van der Waals surface area contributed by atoms with E-state index in [2.05, 4.69) is 17.4 Å². The summed E-state index contributed by atoms with van der Waals surface area (Å²) in [5.41, 5.74) is 2.50. The second-order valence-corrected chi connectivity index (χ2v) is 9.25. The van der Waals surface area contributed by atoms with Crippen molar-refractivity contribution in [3.8, 4) is 0 Å². The van der Waals surface area contributed by atoms with Crippen LogP contribution in [0.5, 0.6) is 0 Å². The summed E-state index contributed by atoms with van der Waals surface area (Å²) < 4.78 is 0. The van der Waals surface area contributed by atoms with E-state index in [9.17, 15) is 9.59 Å². The van der Waals surface area contributed by atoms with Crippen molar-refractivity contribution >= 4 is 23.3 Å². The fourth-order valence-corrected chi connectivity index (χ4v) is 5.92. The molecule has 28 heavy (non-hydrogen) atoms. The van der Waals surface area contributed by atoms with Crippen LogP contribution in [0.1, 0.15) is 66.3 Å². The number of fused-ring (bicyclic) bond motifs is 1. The van der Waals surface area contributed by atoms with Crippen LogP contribution < -0.4 is 5.32 Å². The highest BCUT2D eigenvalue weighted by atomic mass is 32.1. The van der Waals surface area contributed by atoms with Crippen molar-refractivity contribution in [1.82, 2.24) is 15.2 Å². The van der Waals surface area contributed by atoms with Crippen LogP contribution in [0.15, 0.2) is 29.6 Å². The van der Waals surface area contributed by atoms with Gasteiger partial charge in [-0.3, -0.25) is 9.69 Å². The Morgan fingerprint density at radius 2 is 1.93 bits per heavy atom. The lowest BCUT2D eigenvalue weighted by atomic mass is 9.78. The Bertz CT molecular complexity index is 918. The zero-order valence-corrected chi connectivity index (χ0v) is 16.8. The number of imide groups is 1. The van der Waals surface area contributed by atoms with E-state index in [0.29, 0.717) is 18.8 Å². The molecule has 2 fully saturated rings. The highest BCUT2D eigenvalue weighted by Crippen LogP contribution is 2.36. The maximum absolute atomic E-state index is 13.2. The third-order valence-electron chi connectivity index (χ3n) is 6.52. The number of urea groups is 1. The van der Waals surface area contributed by atoms with Gasteiger partial charge in [0.15, 0.2) is 0 Å². The van der Waals surface area contributed by atoms with Crippen molar-refractivity contribution < 1.29 is 9.59 Å². The summed E-state index contributed by atoms with van der Waals surface area (Å²) in [5.74, 6) is 0.455. The molecule has 0 radical (unpaired) electrons. The summed E-state index contributed by atoms with van der Waals surface area (Å²) in [7, 11) is 0. The van der Waals surface area contributed by atoms with Crippen LogP contribution in [-0.2, 0) is 24.2 Å². The van der Waals surface area contributed by atoms with E-state index < -0.39 is 5.54 Å². The van der Waals surface area contributed by atoms with Crippen LogP contribution in [-0.4, -0.2) is 27.4 Å². The van der Waals surface area contributed by atoms with Crippen LogP contribution in [0.2, 0.25) is 0 Å². The van der Waals surface area contributed by atoms with Gasteiger partial charge in [-0.15, -0.1) is 11.3 Å². The van der Waals surface area contributed by atoms with Gasteiger partial charge in [0.1, 0.15) is 5.54 Å². The number of hydrogen-bond acceptors (Lipinski definition) is 4. The minimum atomic E-state index is -0.784. The van der Waals surface area contributed by atoms with Gasteiger partial charge in [-0.2, -0.15) is 0 Å². The number of benzene rings is 1. The molecule has 5 nitrogen and oxygen atoms in total. The van der Waals surface area contributed by atoms with E-state index in [1.807, 2.05) is 17.5 Å². The third-order valence-corrected chi connectivity index (χ3v) is 7.58. The molecule has 2 heterocycles. The third kappa shape index (κ3) is 3.04. The first-order chi connectivity index (χ1) is 13.6. The highest BCUT2D eigenvalue weighted by molar-refractivity contribution is 7.09. The normalized spacial score (nSPS) is 25.2. The second kappa shape index (κ2) is 6.99. The van der Waals surface area contributed by atoms with Crippen molar-refractivity contribution in [3.05, 3.63) is 51.5 Å². The van der Waals surface area contributed by atoms with Crippen LogP contribution >= 0.6 is 11.3 Å². The molecule has 5 rings (SSSR count). The monoisotopic (exact) mass is 395 g/mol. The van der Waals surface area contributed by atoms with Gasteiger partial charge < -0.3 is 5.32 Å². The standard InChI is InChI=1S/C22H25N3O2S/c26-20-22(11-10-15-6-4-5-9-17(15)12-22)24-21(27)25(20)13-18-14-28-19(23-18)16-7-2-1-3-8-16/h4-6,9,14,16H,1-3,7-8,10-13H2,(H,24,27). The topological polar surface area (TPSA) is 62.3 Å². The predicted octanol–water partition coefficient (Wildman–Crippen LogP) is 4.17. The Labute approximate surface area is 169 Å². The molecule has 2 aromatic rings. The number of carbonyl (C=O) groups excluding carboxylic acids is 2. The summed E-state index contributed by atoms with van der Waals surface area (Å²) in [4.78, 5) is 32.0. The molecule has 6 heteroatoms. The largest absolute Gasteiger partial charge is 0.325 e. The maximum Gasteiger partial charge on any atom is 0.325 e. The Morgan fingerprint density at radius 1 is 1.14 bits per heavy atom. The average molecular weight is 396 g/mol. The number of nitrogens with one attached hydrogen (secondary N) is 1. The Hall–Kier alpha value is -2.21. The van der Waals surface area contributed by atoms with Crippen molar-refractivity contribution in [2.24, 2.45) is 0 Å². The van der Waals surface area contributed by atoms with Gasteiger partial charge in [-0.25, -0.2) is 9.78 Å². The fraction of sp³-hybridized carbons (Fsp3) is 0.500. The second-order valence-electron chi connectivity index (χ2n) is 8.36. The molecule has 146 valence electrons. The SMILES string of the molecule is O=C1NC2(CCc3ccccc3C2)C(=O)N1Cc1csc(C2CCCCC2)n1. The zero-order valence-electron chi connectivity index (χ0n) is 15.9. The molecule has 1 aliphatic heterocycles. The zero-order chi connectivity index (χ0) is 19.1. The molecule has 1 atom stereocenters. The molecule has 1 saturated carbocycles. The van der Waals surface area contributed by atoms with Gasteiger partial charge >= 0.3 is 6.03 Å². The Balaban J connectivity index is 1.32. The van der Waals surface area contributed by atoms with Gasteiger partial charge in [0.25, 0.3) is 5.91 Å². The molecule has 3 aliphatic rings. The number of aromatic nitrogens is 1. The van der Waals surface area contributed by atoms with Gasteiger partial charge in [-0.1, -0.05) is 43.5 Å². The molecule has 1 saturated heterocycles. The molecule has 1 spiro atoms. The molecular formula is C22H25N3O2S. The quantitative estimate of drug-likeness (QED) is 0.794. The molecule has 0 bridgehead atoms. The minimum Gasteiger partial charge on any atom is -0.323 e. The van der Waals surface area contributed by atoms with E-state index in [1.165, 1.54) is 47.6 Å². The number of carbonyl (C=O) groups is 2. The number of hydrogen-bond donors (Lipinski definition) is 1. The summed E-state index contributed by atoms with van der Waals surface area (Å²) in [6.07, 6.45) is 8.34. The lowest BCUT2D eigenvalue weighted by Crippen LogP contribution is -2.51. The van der Waals surface area contributed by atoms with E-state index in [-0.39, 0.29) is 18.5 Å². The molecule has 2 aliphatic carbocycles. The lowest BCUT2D eigenvalue weighted by molar-refractivity contribution is -0.132. The summed E-state index contributed by atoms with van der Waals surface area (Å²) >= 11 is 1.68. The van der Waals surface area contributed by atoms with Crippen molar-refractivity contribution in [1.29, 1.82) is 0 Å². The fourth-order valence-electron chi connectivity index (χ4n) is 4.94. The Kier molecular flexibility index (Phi) is 4.46. The van der Waals surface area contributed by atoms with E-state index in [1.54, 1.807) is 11.3 Å². The van der Waals surface area contributed by atoms with E-state index >= 15 is 0 Å². The van der Waals surface area contributed by atoms with E-state index in [4.69, 9.17) is 4.98 Å². The van der Waals surface area contributed by atoms with Crippen LogP contribution in [0.3, 0.4) is 0 Å². The predicted molar refractivity (Wildman–Crippen MR) is 108 cm³/mol. The lowest BCUT2D eigenvalue weighted by Gasteiger charge is -2.32. The first-order valence-corrected chi connectivity index (χ1v) is 11.2. The molecule has 3 amide bonds. The molecule has 1 N–H and O–H groups in total. The van der Waals surface area contributed by atoms with Crippen molar-refractivity contribution in [3.63, 3.8) is 0 Å². The van der Waals surface area contributed by atoms with Gasteiger partial charge in [0.05, 0.1) is 17.2 Å². The number of rotatable bonds is 3. The van der Waals surface area contributed by atoms with Crippen LogP contribution in [0.25, 0.3) is 0 Å². The number of nitrogens with zero attached hydrogens (tertiary/aromatic N) is 2. The van der Waals surface area contributed by atoms with Crippen molar-refractivity contribution in [2.75, 3.05) is 0 Å². The summed E-state index contributed by atoms with van der Waals surface area (Å²) in [5, 5.41) is 6.20. The Morgan fingerprint density at radius 3 is 2.75 bits per heavy atom. The molecule has 1 aromatic heterocycles. The molecular weight excluding hydrogens is 370 g/mol. The van der Waals surface area contributed by atoms with Gasteiger partial charge in [-0.05, 0) is 36.8 Å². The minimum absolute atomic E-state index is 0.0979. The van der Waals surface area contributed by atoms with Crippen LogP contribution in [0.4, 0.5) is 4.79 Å². The number of aryl methyl sites for hydroxylation is 1. The summed E-state index contributed by atoms with van der Waals surface area (Å²) in [6, 6.07) is 7.93. The summed E-state index contributed by atoms with van der Waals surface area (Å²) in [6.45, 7) is 0.275. The van der Waals surface area contributed by atoms with Gasteiger partial charge in [0.2, 0.25) is 0 Å². The molecule has 1 aromatic carbocycles. The van der Waals surface area contributed by atoms with Crippen molar-refractivity contribution in [2.45, 2.75) is 69.4 Å². The van der Waals surface area contributed by atoms with Gasteiger partial charge in [0, 0.05) is 17.7 Å². The maximum atomic E-state index is 13.2. The first kappa shape index (κ1) is 17.9. The number of amides is 3. The average Bonchev–Trinajstić information content (AvgIpc) is 3.28.